The fraction of sp³-hybridized carbons (Fsp3) is 0.538. The molecule has 0 saturated carbocycles. The number of hydrogen-bond acceptors (Lipinski definition) is 3. The van der Waals surface area contributed by atoms with Gasteiger partial charge < -0.3 is 15.5 Å². The minimum Gasteiger partial charge on any atom is -0.503 e. The van der Waals surface area contributed by atoms with Gasteiger partial charge in [-0.05, 0) is 45.4 Å². The smallest absolute Gasteiger partial charge is 0.187 e. The van der Waals surface area contributed by atoms with Gasteiger partial charge in [0.15, 0.2) is 17.4 Å². The summed E-state index contributed by atoms with van der Waals surface area (Å²) in [7, 11) is 0. The average molecular weight is 259 g/mol. The van der Waals surface area contributed by atoms with Crippen LogP contribution in [0.25, 0.3) is 0 Å². The second-order valence-corrected chi connectivity index (χ2v) is 5.45. The summed E-state index contributed by atoms with van der Waals surface area (Å²) in [6.07, 6.45) is 0. The van der Waals surface area contributed by atoms with E-state index >= 15 is 0 Å². The molecule has 0 fully saturated rings. The van der Waals surface area contributed by atoms with Crippen LogP contribution in [0.2, 0.25) is 0 Å². The van der Waals surface area contributed by atoms with E-state index in [0.717, 1.165) is 12.1 Å². The summed E-state index contributed by atoms with van der Waals surface area (Å²) >= 11 is 0. The molecular formula is C13H19F2NO2. The lowest BCUT2D eigenvalue weighted by Crippen LogP contribution is -2.55. The first-order valence-electron chi connectivity index (χ1n) is 5.69. The maximum Gasteiger partial charge on any atom is 0.187 e. The number of nitrogens with one attached hydrogen (secondary N) is 1. The predicted molar refractivity (Wildman–Crippen MR) is 65.2 cm³/mol. The highest BCUT2D eigenvalue weighted by atomic mass is 19.1. The van der Waals surface area contributed by atoms with Gasteiger partial charge in [-0.3, -0.25) is 0 Å². The molecule has 1 aromatic carbocycles. The van der Waals surface area contributed by atoms with E-state index in [4.69, 9.17) is 5.11 Å². The molecule has 18 heavy (non-hydrogen) atoms. The number of benzene rings is 1. The standard InChI is InChI=1S/C13H19F2NO2/c1-12(2,13(3,4)18)16-7-8-5-9(14)11(17)10(15)6-8/h5-6,16-18H,7H2,1-4H3. The molecule has 0 amide bonds. The summed E-state index contributed by atoms with van der Waals surface area (Å²) in [6.45, 7) is 7.07. The van der Waals surface area contributed by atoms with Crippen molar-refractivity contribution in [3.8, 4) is 5.75 Å². The fourth-order valence-electron chi connectivity index (χ4n) is 1.26. The number of aromatic hydroxyl groups is 1. The van der Waals surface area contributed by atoms with E-state index in [1.807, 2.05) is 0 Å². The molecular weight excluding hydrogens is 240 g/mol. The Morgan fingerprint density at radius 1 is 1.11 bits per heavy atom. The first-order chi connectivity index (χ1) is 8.04. The van der Waals surface area contributed by atoms with Gasteiger partial charge in [-0.1, -0.05) is 0 Å². The molecule has 0 aromatic heterocycles. The Labute approximate surface area is 105 Å². The highest BCUT2D eigenvalue weighted by Gasteiger charge is 2.34. The van der Waals surface area contributed by atoms with Crippen molar-refractivity contribution in [1.29, 1.82) is 0 Å². The van der Waals surface area contributed by atoms with Crippen molar-refractivity contribution in [2.45, 2.75) is 45.4 Å². The third-order valence-corrected chi connectivity index (χ3v) is 3.34. The monoisotopic (exact) mass is 259 g/mol. The lowest BCUT2D eigenvalue weighted by atomic mass is 9.86. The van der Waals surface area contributed by atoms with E-state index in [1.54, 1.807) is 27.7 Å². The van der Waals surface area contributed by atoms with E-state index in [0.29, 0.717) is 5.56 Å². The largest absolute Gasteiger partial charge is 0.503 e. The van der Waals surface area contributed by atoms with Gasteiger partial charge in [-0.2, -0.15) is 0 Å². The Bertz CT molecular complexity index is 416. The Morgan fingerprint density at radius 3 is 1.94 bits per heavy atom. The Kier molecular flexibility index (Phi) is 3.98. The molecule has 0 aliphatic heterocycles. The van der Waals surface area contributed by atoms with Crippen LogP contribution in [0.15, 0.2) is 12.1 Å². The first-order valence-corrected chi connectivity index (χ1v) is 5.69. The molecule has 1 rings (SSSR count). The van der Waals surface area contributed by atoms with Gasteiger partial charge in [0.05, 0.1) is 5.60 Å². The first kappa shape index (κ1) is 14.9. The van der Waals surface area contributed by atoms with E-state index in [-0.39, 0.29) is 6.54 Å². The van der Waals surface area contributed by atoms with Gasteiger partial charge in [0.1, 0.15) is 0 Å². The molecule has 3 nitrogen and oxygen atoms in total. The topological polar surface area (TPSA) is 52.5 Å². The summed E-state index contributed by atoms with van der Waals surface area (Å²) in [5.74, 6) is -2.96. The molecule has 3 N–H and O–H groups in total. The zero-order chi connectivity index (χ0) is 14.1. The van der Waals surface area contributed by atoms with Crippen LogP contribution in [-0.4, -0.2) is 21.4 Å². The maximum atomic E-state index is 13.1. The van der Waals surface area contributed by atoms with Gasteiger partial charge >= 0.3 is 0 Å². The Morgan fingerprint density at radius 2 is 1.56 bits per heavy atom. The highest BCUT2D eigenvalue weighted by Crippen LogP contribution is 2.24. The van der Waals surface area contributed by atoms with Crippen LogP contribution in [0.4, 0.5) is 8.78 Å². The van der Waals surface area contributed by atoms with Crippen LogP contribution in [0.3, 0.4) is 0 Å². The SMILES string of the molecule is CC(C)(O)C(C)(C)NCc1cc(F)c(O)c(F)c1. The molecule has 102 valence electrons. The maximum absolute atomic E-state index is 13.1. The molecule has 0 spiro atoms. The number of rotatable bonds is 4. The predicted octanol–water partition coefficient (Wildman–Crippen LogP) is 2.31. The molecule has 0 atom stereocenters. The van der Waals surface area contributed by atoms with E-state index < -0.39 is 28.5 Å². The summed E-state index contributed by atoms with van der Waals surface area (Å²) in [5.41, 5.74) is -1.25. The molecule has 0 bridgehead atoms. The molecule has 5 heteroatoms. The van der Waals surface area contributed by atoms with Gasteiger partial charge in [0, 0.05) is 12.1 Å². The number of hydrogen-bond donors (Lipinski definition) is 3. The second-order valence-electron chi connectivity index (χ2n) is 5.45. The van der Waals surface area contributed by atoms with Crippen molar-refractivity contribution in [1.82, 2.24) is 5.32 Å². The third-order valence-electron chi connectivity index (χ3n) is 3.34. The number of aliphatic hydroxyl groups is 1. The molecule has 0 heterocycles. The molecule has 0 aliphatic carbocycles. The highest BCUT2D eigenvalue weighted by molar-refractivity contribution is 5.30. The number of halogens is 2. The minimum absolute atomic E-state index is 0.186. The van der Waals surface area contributed by atoms with Gasteiger partial charge in [-0.15, -0.1) is 0 Å². The number of phenols is 1. The molecule has 0 saturated heterocycles. The van der Waals surface area contributed by atoms with E-state index in [9.17, 15) is 13.9 Å². The Hall–Kier alpha value is -1.20. The summed E-state index contributed by atoms with van der Waals surface area (Å²) in [5, 5.41) is 21.9. The van der Waals surface area contributed by atoms with Crippen molar-refractivity contribution in [2.24, 2.45) is 0 Å². The van der Waals surface area contributed by atoms with Crippen molar-refractivity contribution in [2.75, 3.05) is 0 Å². The molecule has 0 radical (unpaired) electrons. The van der Waals surface area contributed by atoms with Crippen molar-refractivity contribution in [3.05, 3.63) is 29.3 Å². The fourth-order valence-corrected chi connectivity index (χ4v) is 1.26. The zero-order valence-electron chi connectivity index (χ0n) is 11.0. The second kappa shape index (κ2) is 4.82. The van der Waals surface area contributed by atoms with Crippen LogP contribution in [-0.2, 0) is 6.54 Å². The average Bonchev–Trinajstić information content (AvgIpc) is 2.21. The van der Waals surface area contributed by atoms with Crippen molar-refractivity contribution >= 4 is 0 Å². The summed E-state index contributed by atoms with van der Waals surface area (Å²) in [4.78, 5) is 0. The lowest BCUT2D eigenvalue weighted by molar-refractivity contribution is -0.00533. The van der Waals surface area contributed by atoms with Crippen LogP contribution in [0.5, 0.6) is 5.75 Å². The van der Waals surface area contributed by atoms with Gasteiger partial charge in [0.25, 0.3) is 0 Å². The molecule has 0 aliphatic rings. The Balaban J connectivity index is 2.82. The van der Waals surface area contributed by atoms with Gasteiger partial charge in [0.2, 0.25) is 0 Å². The van der Waals surface area contributed by atoms with Gasteiger partial charge in [-0.25, -0.2) is 8.78 Å². The number of phenolic OH excluding ortho intramolecular Hbond substituents is 1. The zero-order valence-corrected chi connectivity index (χ0v) is 11.0. The minimum atomic E-state index is -0.993. The van der Waals surface area contributed by atoms with Crippen LogP contribution < -0.4 is 5.32 Å². The third kappa shape index (κ3) is 3.17. The summed E-state index contributed by atoms with van der Waals surface area (Å²) < 4.78 is 26.3. The van der Waals surface area contributed by atoms with Crippen LogP contribution in [0, 0.1) is 11.6 Å². The van der Waals surface area contributed by atoms with E-state index in [1.165, 1.54) is 0 Å². The normalized spacial score (nSPS) is 12.8. The quantitative estimate of drug-likeness (QED) is 0.777. The van der Waals surface area contributed by atoms with Crippen LogP contribution >= 0.6 is 0 Å². The molecule has 1 aromatic rings. The van der Waals surface area contributed by atoms with Crippen LogP contribution in [0.1, 0.15) is 33.3 Å². The van der Waals surface area contributed by atoms with E-state index in [2.05, 4.69) is 5.32 Å². The lowest BCUT2D eigenvalue weighted by Gasteiger charge is -2.38. The van der Waals surface area contributed by atoms with Crippen molar-refractivity contribution < 1.29 is 19.0 Å². The molecule has 0 unspecified atom stereocenters. The van der Waals surface area contributed by atoms with Crippen molar-refractivity contribution in [3.63, 3.8) is 0 Å². The summed E-state index contributed by atoms with van der Waals surface area (Å²) in [6, 6.07) is 2.12.